The van der Waals surface area contributed by atoms with Gasteiger partial charge in [-0.1, -0.05) is 31.9 Å². The van der Waals surface area contributed by atoms with Gasteiger partial charge in [0.1, 0.15) is 11.3 Å². The van der Waals surface area contributed by atoms with Gasteiger partial charge in [-0.25, -0.2) is 4.98 Å². The molecular formula is C29H46N8O4. The molecule has 0 saturated carbocycles. The van der Waals surface area contributed by atoms with E-state index >= 15 is 0 Å². The zero-order valence-electron chi connectivity index (χ0n) is 24.4. The van der Waals surface area contributed by atoms with Gasteiger partial charge in [0.2, 0.25) is 5.95 Å². The number of hydrogen-bond acceptors (Lipinski definition) is 11. The lowest BCUT2D eigenvalue weighted by molar-refractivity contribution is -0.0764. The van der Waals surface area contributed by atoms with Crippen LogP contribution in [0.5, 0.6) is 5.75 Å². The summed E-state index contributed by atoms with van der Waals surface area (Å²) in [6, 6.07) is 8.44. The molecule has 1 saturated heterocycles. The van der Waals surface area contributed by atoms with Crippen LogP contribution in [0.25, 0.3) is 11.0 Å². The third kappa shape index (κ3) is 9.25. The zero-order valence-corrected chi connectivity index (χ0v) is 24.4. The van der Waals surface area contributed by atoms with E-state index in [-0.39, 0.29) is 12.1 Å². The molecule has 3 aromatic rings. The van der Waals surface area contributed by atoms with E-state index in [9.17, 15) is 0 Å². The number of unbranched alkanes of at least 4 members (excludes halogenated alkanes) is 2. The Morgan fingerprint density at radius 1 is 0.976 bits per heavy atom. The number of nitrogens with zero attached hydrogens (tertiary/aromatic N) is 4. The fraction of sp³-hybridized carbons (Fsp3) is 0.586. The first-order valence-electron chi connectivity index (χ1n) is 14.6. The van der Waals surface area contributed by atoms with Crippen molar-refractivity contribution < 1.29 is 18.9 Å². The first-order chi connectivity index (χ1) is 20.1. The third-order valence-corrected chi connectivity index (χ3v) is 7.07. The summed E-state index contributed by atoms with van der Waals surface area (Å²) in [6.07, 6.45) is 5.70. The van der Waals surface area contributed by atoms with Crippen molar-refractivity contribution in [3.63, 3.8) is 0 Å². The average Bonchev–Trinajstić information content (AvgIpc) is 3.35. The SMILES string of the molecule is CCCCCNc1nc(N)nc2ccn(Cc3ccc(CN4CC(OCCOCCOCCNN)C4)cc3OC)c12. The fourth-order valence-corrected chi connectivity index (χ4v) is 4.90. The predicted octanol–water partition coefficient (Wildman–Crippen LogP) is 2.37. The summed E-state index contributed by atoms with van der Waals surface area (Å²) in [5.74, 6) is 7.11. The highest BCUT2D eigenvalue weighted by molar-refractivity contribution is 5.87. The van der Waals surface area contributed by atoms with Crippen molar-refractivity contribution >= 4 is 22.8 Å². The second-order valence-electron chi connectivity index (χ2n) is 10.3. The number of nitrogens with one attached hydrogen (secondary N) is 2. The molecule has 1 fully saturated rings. The van der Waals surface area contributed by atoms with Gasteiger partial charge in [0.25, 0.3) is 0 Å². The van der Waals surface area contributed by atoms with Crippen LogP contribution in [-0.4, -0.2) is 91.9 Å². The standard InChI is InChI=1S/C29H46N8O4/c1-3-4-5-9-32-28-27-25(34-29(30)35-28)8-11-37(27)19-23-7-6-22(17-26(23)38-2)18-36-20-24(21-36)41-16-15-40-14-13-39-12-10-33-31/h6-8,11,17,24,33H,3-5,9-10,12-16,18-21,31H2,1-2H3,(H3,30,32,34,35). The number of methoxy groups -OCH3 is 1. The Morgan fingerprint density at radius 2 is 1.78 bits per heavy atom. The summed E-state index contributed by atoms with van der Waals surface area (Å²) in [4.78, 5) is 11.3. The lowest BCUT2D eigenvalue weighted by atomic mass is 10.1. The summed E-state index contributed by atoms with van der Waals surface area (Å²) in [7, 11) is 1.72. The number of nitrogens with two attached hydrogens (primary N) is 2. The van der Waals surface area contributed by atoms with Gasteiger partial charge in [0, 0.05) is 44.5 Å². The van der Waals surface area contributed by atoms with E-state index in [0.717, 1.165) is 60.8 Å². The Kier molecular flexibility index (Phi) is 12.4. The van der Waals surface area contributed by atoms with Crippen molar-refractivity contribution in [2.45, 2.75) is 45.4 Å². The molecule has 0 atom stereocenters. The molecule has 41 heavy (non-hydrogen) atoms. The van der Waals surface area contributed by atoms with Crippen molar-refractivity contribution in [1.82, 2.24) is 24.9 Å². The Hall–Kier alpha value is -3.00. The van der Waals surface area contributed by atoms with E-state index in [1.54, 1.807) is 7.11 Å². The number of aromatic nitrogens is 3. The molecule has 12 nitrogen and oxygen atoms in total. The van der Waals surface area contributed by atoms with Crippen molar-refractivity contribution in [2.24, 2.45) is 5.84 Å². The van der Waals surface area contributed by atoms with E-state index in [0.29, 0.717) is 46.1 Å². The fourth-order valence-electron chi connectivity index (χ4n) is 4.90. The summed E-state index contributed by atoms with van der Waals surface area (Å²) < 4.78 is 24.8. The summed E-state index contributed by atoms with van der Waals surface area (Å²) in [5, 5.41) is 3.46. The van der Waals surface area contributed by atoms with E-state index in [4.69, 9.17) is 30.5 Å². The maximum Gasteiger partial charge on any atom is 0.222 e. The summed E-state index contributed by atoms with van der Waals surface area (Å²) in [5.41, 5.74) is 12.6. The zero-order chi connectivity index (χ0) is 28.9. The van der Waals surface area contributed by atoms with Crippen molar-refractivity contribution in [3.05, 3.63) is 41.6 Å². The number of likely N-dealkylation sites (tertiary alicyclic amines) is 1. The lowest BCUT2D eigenvalue weighted by Gasteiger charge is -2.39. The van der Waals surface area contributed by atoms with Crippen LogP contribution < -0.4 is 27.1 Å². The maximum absolute atomic E-state index is 5.98. The lowest BCUT2D eigenvalue weighted by Crippen LogP contribution is -2.51. The minimum absolute atomic E-state index is 0.245. The normalized spacial score (nSPS) is 14.0. The van der Waals surface area contributed by atoms with Crippen LogP contribution in [0.1, 0.15) is 37.3 Å². The van der Waals surface area contributed by atoms with Crippen LogP contribution >= 0.6 is 0 Å². The summed E-state index contributed by atoms with van der Waals surface area (Å²) >= 11 is 0. The molecule has 4 rings (SSSR count). The molecule has 6 N–H and O–H groups in total. The Morgan fingerprint density at radius 3 is 2.56 bits per heavy atom. The van der Waals surface area contributed by atoms with E-state index in [1.165, 1.54) is 18.4 Å². The Labute approximate surface area is 242 Å². The molecule has 1 aromatic carbocycles. The molecule has 2 aromatic heterocycles. The van der Waals surface area contributed by atoms with Crippen molar-refractivity contribution in [3.8, 4) is 5.75 Å². The predicted molar refractivity (Wildman–Crippen MR) is 161 cm³/mol. The second-order valence-corrected chi connectivity index (χ2v) is 10.3. The molecule has 0 amide bonds. The molecule has 12 heteroatoms. The highest BCUT2D eigenvalue weighted by Crippen LogP contribution is 2.28. The number of nitrogen functional groups attached to an aromatic ring is 1. The van der Waals surface area contributed by atoms with Crippen LogP contribution in [0.4, 0.5) is 11.8 Å². The number of fused-ring (bicyclic) bond motifs is 1. The highest BCUT2D eigenvalue weighted by Gasteiger charge is 2.27. The molecule has 226 valence electrons. The quantitative estimate of drug-likeness (QED) is 0.0902. The Bertz CT molecular complexity index is 1200. The number of ether oxygens (including phenoxy) is 4. The van der Waals surface area contributed by atoms with Gasteiger partial charge in [-0.3, -0.25) is 16.2 Å². The molecule has 0 radical (unpaired) electrons. The highest BCUT2D eigenvalue weighted by atomic mass is 16.5. The van der Waals surface area contributed by atoms with Crippen LogP contribution in [0.2, 0.25) is 0 Å². The van der Waals surface area contributed by atoms with Crippen LogP contribution in [-0.2, 0) is 27.3 Å². The van der Waals surface area contributed by atoms with E-state index < -0.39 is 0 Å². The maximum atomic E-state index is 5.98. The minimum atomic E-state index is 0.245. The smallest absolute Gasteiger partial charge is 0.222 e. The molecule has 0 spiro atoms. The molecule has 0 unspecified atom stereocenters. The largest absolute Gasteiger partial charge is 0.496 e. The van der Waals surface area contributed by atoms with Gasteiger partial charge in [-0.15, -0.1) is 0 Å². The van der Waals surface area contributed by atoms with Crippen molar-refractivity contribution in [2.75, 3.05) is 77.4 Å². The van der Waals surface area contributed by atoms with Crippen LogP contribution in [0.15, 0.2) is 30.5 Å². The topological polar surface area (TPSA) is 147 Å². The van der Waals surface area contributed by atoms with Gasteiger partial charge < -0.3 is 34.6 Å². The third-order valence-electron chi connectivity index (χ3n) is 7.07. The van der Waals surface area contributed by atoms with E-state index in [2.05, 4.69) is 55.3 Å². The number of benzene rings is 1. The molecule has 3 heterocycles. The van der Waals surface area contributed by atoms with Gasteiger partial charge in [-0.05, 0) is 24.1 Å². The van der Waals surface area contributed by atoms with E-state index in [1.807, 2.05) is 12.3 Å². The number of hydrazine groups is 1. The monoisotopic (exact) mass is 570 g/mol. The first kappa shape index (κ1) is 30.9. The molecule has 1 aliphatic heterocycles. The average molecular weight is 571 g/mol. The van der Waals surface area contributed by atoms with Gasteiger partial charge in [0.05, 0.1) is 58.3 Å². The number of anilines is 2. The Balaban J connectivity index is 1.25. The van der Waals surface area contributed by atoms with Gasteiger partial charge >= 0.3 is 0 Å². The van der Waals surface area contributed by atoms with Gasteiger partial charge in [0.15, 0.2) is 5.82 Å². The molecule has 0 bridgehead atoms. The second kappa shape index (κ2) is 16.4. The van der Waals surface area contributed by atoms with Crippen molar-refractivity contribution in [1.29, 1.82) is 0 Å². The summed E-state index contributed by atoms with van der Waals surface area (Å²) in [6.45, 7) is 9.85. The molecule has 0 aliphatic carbocycles. The van der Waals surface area contributed by atoms with Crippen LogP contribution in [0, 0.1) is 0 Å². The first-order valence-corrected chi connectivity index (χ1v) is 14.6. The molecule has 1 aliphatic rings. The molecular weight excluding hydrogens is 524 g/mol. The van der Waals surface area contributed by atoms with Crippen LogP contribution in [0.3, 0.4) is 0 Å². The number of rotatable bonds is 20. The van der Waals surface area contributed by atoms with Gasteiger partial charge in [-0.2, -0.15) is 4.98 Å². The minimum Gasteiger partial charge on any atom is -0.496 e. The number of hydrogen-bond donors (Lipinski definition) is 4.